The van der Waals surface area contributed by atoms with Crippen LogP contribution in [0.5, 0.6) is 0 Å². The van der Waals surface area contributed by atoms with Crippen molar-refractivity contribution in [2.75, 3.05) is 7.11 Å². The summed E-state index contributed by atoms with van der Waals surface area (Å²) in [5.41, 5.74) is 1.00. The third kappa shape index (κ3) is 2.93. The summed E-state index contributed by atoms with van der Waals surface area (Å²) < 4.78 is 4.43. The molecule has 0 saturated carbocycles. The number of pyridine rings is 1. The van der Waals surface area contributed by atoms with Crippen LogP contribution >= 0.6 is 43.5 Å². The number of aromatic nitrogens is 1. The fourth-order valence-corrected chi connectivity index (χ4v) is 1.55. The summed E-state index contributed by atoms with van der Waals surface area (Å²) in [5, 5.41) is 0.256. The summed E-state index contributed by atoms with van der Waals surface area (Å²) in [7, 11) is 1.32. The van der Waals surface area contributed by atoms with Gasteiger partial charge in [0.2, 0.25) is 0 Å². The zero-order valence-electron chi connectivity index (χ0n) is 7.13. The molecule has 0 aromatic carbocycles. The van der Waals surface area contributed by atoms with Gasteiger partial charge in [-0.25, -0.2) is 9.78 Å². The molecule has 0 aliphatic heterocycles. The highest BCUT2D eigenvalue weighted by Gasteiger charge is 2.12. The minimum absolute atomic E-state index is 0.142. The molecule has 14 heavy (non-hydrogen) atoms. The van der Waals surface area contributed by atoms with Crippen LogP contribution in [-0.4, -0.2) is 18.1 Å². The van der Waals surface area contributed by atoms with Crippen molar-refractivity contribution in [3.8, 4) is 0 Å². The first-order valence-corrected chi connectivity index (χ1v) is 5.79. The average molecular weight is 343 g/mol. The van der Waals surface area contributed by atoms with Crippen molar-refractivity contribution in [1.29, 1.82) is 0 Å². The molecule has 0 aliphatic carbocycles. The Hall–Kier alpha value is -0.130. The van der Waals surface area contributed by atoms with E-state index in [-0.39, 0.29) is 8.89 Å². The van der Waals surface area contributed by atoms with Crippen molar-refractivity contribution in [3.05, 3.63) is 28.5 Å². The number of hydrogen-bond acceptors (Lipinski definition) is 3. The highest BCUT2D eigenvalue weighted by atomic mass is 79.9. The van der Waals surface area contributed by atoms with E-state index in [4.69, 9.17) is 11.6 Å². The second-order valence-electron chi connectivity index (χ2n) is 2.40. The van der Waals surface area contributed by atoms with Gasteiger partial charge in [-0.2, -0.15) is 0 Å². The van der Waals surface area contributed by atoms with Crippen molar-refractivity contribution >= 4 is 49.4 Å². The summed E-state index contributed by atoms with van der Waals surface area (Å²) in [4.78, 5) is 15.2. The maximum atomic E-state index is 11.2. The maximum absolute atomic E-state index is 11.2. The molecule has 0 bridgehead atoms. The van der Waals surface area contributed by atoms with Crippen molar-refractivity contribution in [2.24, 2.45) is 0 Å². The summed E-state index contributed by atoms with van der Waals surface area (Å²) in [5.74, 6) is -0.434. The highest BCUT2D eigenvalue weighted by Crippen LogP contribution is 2.29. The van der Waals surface area contributed by atoms with Gasteiger partial charge in [0.25, 0.3) is 0 Å². The zero-order chi connectivity index (χ0) is 10.7. The predicted molar refractivity (Wildman–Crippen MR) is 61.2 cm³/mol. The molecular weight excluding hydrogens is 337 g/mol. The lowest BCUT2D eigenvalue weighted by Gasteiger charge is -2.04. The summed E-state index contributed by atoms with van der Waals surface area (Å²) >= 11 is 12.3. The molecule has 0 spiro atoms. The van der Waals surface area contributed by atoms with Gasteiger partial charge in [-0.1, -0.05) is 43.5 Å². The molecule has 1 aromatic rings. The number of nitrogens with zero attached hydrogens (tertiary/aromatic N) is 1. The van der Waals surface area contributed by atoms with E-state index in [0.29, 0.717) is 11.3 Å². The van der Waals surface area contributed by atoms with Crippen LogP contribution in [0.15, 0.2) is 12.1 Å². The van der Waals surface area contributed by atoms with Crippen LogP contribution in [-0.2, 0) is 4.74 Å². The number of carbonyl (C=O) groups excluding carboxylic acids is 1. The molecule has 0 radical (unpaired) electrons. The fourth-order valence-electron chi connectivity index (χ4n) is 0.865. The van der Waals surface area contributed by atoms with Gasteiger partial charge in [-0.3, -0.25) is 0 Å². The minimum Gasteiger partial charge on any atom is -0.465 e. The molecule has 1 aromatic heterocycles. The number of carbonyl (C=O) groups is 1. The Balaban J connectivity index is 3.13. The Morgan fingerprint density at radius 2 is 2.21 bits per heavy atom. The van der Waals surface area contributed by atoms with Crippen molar-refractivity contribution in [1.82, 2.24) is 4.98 Å². The molecule has 1 heterocycles. The van der Waals surface area contributed by atoms with Gasteiger partial charge in [-0.05, 0) is 12.1 Å². The number of alkyl halides is 2. The van der Waals surface area contributed by atoms with E-state index >= 15 is 0 Å². The molecule has 6 heteroatoms. The van der Waals surface area contributed by atoms with E-state index in [9.17, 15) is 4.79 Å². The topological polar surface area (TPSA) is 39.2 Å². The second kappa shape index (κ2) is 5.09. The van der Waals surface area contributed by atoms with Gasteiger partial charge < -0.3 is 4.74 Å². The standard InChI is InChI=1S/C8H6Br2ClNO2/c1-14-8(13)4-2-5(7(9)10)12-6(11)3-4/h2-3,7H,1H3. The Kier molecular flexibility index (Phi) is 4.34. The first kappa shape index (κ1) is 11.9. The van der Waals surface area contributed by atoms with Crippen molar-refractivity contribution in [2.45, 2.75) is 3.74 Å². The SMILES string of the molecule is COC(=O)c1cc(Cl)nc(C(Br)Br)c1. The molecule has 0 saturated heterocycles. The van der Waals surface area contributed by atoms with Gasteiger partial charge in [0.1, 0.15) is 8.89 Å². The Morgan fingerprint density at radius 3 is 2.71 bits per heavy atom. The molecule has 1 rings (SSSR count). The molecular formula is C8H6Br2ClNO2. The summed E-state index contributed by atoms with van der Waals surface area (Å²) in [6.07, 6.45) is 0. The Morgan fingerprint density at radius 1 is 1.57 bits per heavy atom. The number of hydrogen-bond donors (Lipinski definition) is 0. The summed E-state index contributed by atoms with van der Waals surface area (Å²) in [6.45, 7) is 0. The van der Waals surface area contributed by atoms with Crippen LogP contribution in [0.25, 0.3) is 0 Å². The summed E-state index contributed by atoms with van der Waals surface area (Å²) in [6, 6.07) is 3.06. The molecule has 0 fully saturated rings. The number of ether oxygens (including phenoxy) is 1. The quantitative estimate of drug-likeness (QED) is 0.470. The maximum Gasteiger partial charge on any atom is 0.338 e. The van der Waals surface area contributed by atoms with E-state index in [1.54, 1.807) is 6.07 Å². The second-order valence-corrected chi connectivity index (χ2v) is 5.84. The molecule has 0 unspecified atom stereocenters. The number of rotatable bonds is 2. The van der Waals surface area contributed by atoms with Crippen LogP contribution in [0, 0.1) is 0 Å². The normalized spacial score (nSPS) is 10.4. The van der Waals surface area contributed by atoms with Crippen LogP contribution < -0.4 is 0 Å². The van der Waals surface area contributed by atoms with E-state index in [2.05, 4.69) is 41.6 Å². The fraction of sp³-hybridized carbons (Fsp3) is 0.250. The van der Waals surface area contributed by atoms with Crippen molar-refractivity contribution in [3.63, 3.8) is 0 Å². The van der Waals surface area contributed by atoms with Gasteiger partial charge in [0, 0.05) is 0 Å². The van der Waals surface area contributed by atoms with Crippen LogP contribution in [0.4, 0.5) is 0 Å². The number of methoxy groups -OCH3 is 1. The first-order chi connectivity index (χ1) is 6.54. The smallest absolute Gasteiger partial charge is 0.338 e. The lowest BCUT2D eigenvalue weighted by Crippen LogP contribution is -2.03. The Labute approximate surface area is 103 Å². The van der Waals surface area contributed by atoms with Gasteiger partial charge in [0.15, 0.2) is 0 Å². The third-order valence-electron chi connectivity index (χ3n) is 1.46. The molecule has 0 atom stereocenters. The largest absolute Gasteiger partial charge is 0.465 e. The number of esters is 1. The molecule has 0 aliphatic rings. The highest BCUT2D eigenvalue weighted by molar-refractivity contribution is 9.24. The molecule has 0 amide bonds. The lowest BCUT2D eigenvalue weighted by atomic mass is 10.2. The van der Waals surface area contributed by atoms with E-state index < -0.39 is 5.97 Å². The van der Waals surface area contributed by atoms with Crippen molar-refractivity contribution < 1.29 is 9.53 Å². The van der Waals surface area contributed by atoms with Gasteiger partial charge >= 0.3 is 5.97 Å². The Bertz CT molecular complexity index is 357. The van der Waals surface area contributed by atoms with Gasteiger partial charge in [-0.15, -0.1) is 0 Å². The third-order valence-corrected chi connectivity index (χ3v) is 2.59. The van der Waals surface area contributed by atoms with E-state index in [1.165, 1.54) is 13.2 Å². The van der Waals surface area contributed by atoms with E-state index in [1.807, 2.05) is 0 Å². The molecule has 76 valence electrons. The zero-order valence-corrected chi connectivity index (χ0v) is 11.1. The number of halogens is 3. The predicted octanol–water partition coefficient (Wildman–Crippen LogP) is 3.31. The van der Waals surface area contributed by atoms with Gasteiger partial charge in [0.05, 0.1) is 18.4 Å². The molecule has 0 N–H and O–H groups in total. The lowest BCUT2D eigenvalue weighted by molar-refractivity contribution is 0.0600. The molecule has 3 nitrogen and oxygen atoms in total. The van der Waals surface area contributed by atoms with Crippen LogP contribution in [0.1, 0.15) is 19.8 Å². The van der Waals surface area contributed by atoms with Crippen LogP contribution in [0.3, 0.4) is 0 Å². The van der Waals surface area contributed by atoms with E-state index in [0.717, 1.165) is 0 Å². The minimum atomic E-state index is -0.434. The first-order valence-electron chi connectivity index (χ1n) is 3.58. The van der Waals surface area contributed by atoms with Crippen LogP contribution in [0.2, 0.25) is 5.15 Å². The average Bonchev–Trinajstić information content (AvgIpc) is 2.15. The monoisotopic (exact) mass is 341 g/mol.